The zero-order valence-corrected chi connectivity index (χ0v) is 13.4. The van der Waals surface area contributed by atoms with E-state index in [0.29, 0.717) is 18.1 Å². The van der Waals surface area contributed by atoms with Crippen LogP contribution < -0.4 is 0 Å². The van der Waals surface area contributed by atoms with E-state index in [-0.39, 0.29) is 13.5 Å². The molecule has 3 unspecified atom stereocenters. The average Bonchev–Trinajstić information content (AvgIpc) is 1.98. The summed E-state index contributed by atoms with van der Waals surface area (Å²) < 4.78 is -0.347. The fourth-order valence-electron chi connectivity index (χ4n) is 1.68. The van der Waals surface area contributed by atoms with E-state index < -0.39 is 0 Å². The number of carbonyl (C=O) groups excluding carboxylic acids is 1. The number of alkyl halides is 3. The first-order valence-corrected chi connectivity index (χ1v) is 7.21. The van der Waals surface area contributed by atoms with Gasteiger partial charge in [0.05, 0.1) is 4.32 Å². The van der Waals surface area contributed by atoms with Crippen molar-refractivity contribution in [3.8, 4) is 0 Å². The molecule has 0 heterocycles. The molecule has 0 aromatic carbocycles. The number of hydrogen-bond acceptors (Lipinski definition) is 1. The van der Waals surface area contributed by atoms with Crippen molar-refractivity contribution in [1.82, 2.24) is 0 Å². The first-order chi connectivity index (χ1) is 6.15. The molecule has 0 aromatic rings. The van der Waals surface area contributed by atoms with E-state index in [1.165, 1.54) is 0 Å². The summed E-state index contributed by atoms with van der Waals surface area (Å²) in [5.74, 6) is 0.702. The van der Waals surface area contributed by atoms with Crippen LogP contribution in [-0.4, -0.2) is 19.3 Å². The van der Waals surface area contributed by atoms with Crippen LogP contribution in [0.4, 0.5) is 0 Å². The highest BCUT2D eigenvalue weighted by Gasteiger charge is 2.46. The molecule has 0 N–H and O–H groups in total. The topological polar surface area (TPSA) is 17.1 Å². The summed E-state index contributed by atoms with van der Waals surface area (Å²) in [5.41, 5.74) is 0. The van der Waals surface area contributed by atoms with E-state index in [1.807, 2.05) is 6.92 Å². The summed E-state index contributed by atoms with van der Waals surface area (Å²) in [7, 11) is 0. The Bertz CT molecular complexity index is 242. The Balaban J connectivity index is 2.81. The molecule has 0 aliphatic heterocycles. The highest BCUT2D eigenvalue weighted by atomic mass is 79.9. The molecule has 14 heavy (non-hydrogen) atoms. The Morgan fingerprint density at radius 2 is 2.00 bits per heavy atom. The molecule has 0 radical (unpaired) electrons. The van der Waals surface area contributed by atoms with Crippen molar-refractivity contribution in [2.24, 2.45) is 5.92 Å². The highest BCUT2D eigenvalue weighted by molar-refractivity contribution is 9.12. The number of rotatable bonds is 1. The van der Waals surface area contributed by atoms with Crippen LogP contribution in [0.15, 0.2) is 0 Å². The number of carbonyl (C=O) groups is 1. The van der Waals surface area contributed by atoms with Crippen LogP contribution in [0.2, 0.25) is 0 Å². The zero-order valence-electron chi connectivity index (χ0n) is 8.61. The molecule has 0 spiro atoms. The van der Waals surface area contributed by atoms with E-state index in [9.17, 15) is 4.79 Å². The maximum Gasteiger partial charge on any atom is 0.150 e. The summed E-state index contributed by atoms with van der Waals surface area (Å²) in [4.78, 5) is 12.1. The third-order valence-electron chi connectivity index (χ3n) is 3.03. The van der Waals surface area contributed by atoms with E-state index in [4.69, 9.17) is 0 Å². The van der Waals surface area contributed by atoms with Gasteiger partial charge in [-0.3, -0.25) is 4.79 Å². The van der Waals surface area contributed by atoms with Gasteiger partial charge in [-0.15, -0.1) is 0 Å². The molecule has 82 valence electrons. The number of ketones is 1. The molecule has 3 atom stereocenters. The van der Waals surface area contributed by atoms with Gasteiger partial charge in [0.1, 0.15) is 0 Å². The standard InChI is InChI=1S/C10H15Br3O/c1-9(2,12)6-4-7(11)10(3,13)8(14)5-6/h6-7H,4-5H2,1-3H3. The first-order valence-electron chi connectivity index (χ1n) is 4.71. The molecular formula is C10H15Br3O. The quantitative estimate of drug-likeness (QED) is 0.617. The van der Waals surface area contributed by atoms with Crippen molar-refractivity contribution in [1.29, 1.82) is 0 Å². The Morgan fingerprint density at radius 1 is 1.50 bits per heavy atom. The zero-order chi connectivity index (χ0) is 11.1. The van der Waals surface area contributed by atoms with Crippen molar-refractivity contribution in [3.63, 3.8) is 0 Å². The minimum Gasteiger partial charge on any atom is -0.298 e. The van der Waals surface area contributed by atoms with Crippen LogP contribution in [0.5, 0.6) is 0 Å². The van der Waals surface area contributed by atoms with Gasteiger partial charge in [-0.05, 0) is 33.1 Å². The number of hydrogen-bond donors (Lipinski definition) is 0. The Kier molecular flexibility index (Phi) is 3.93. The summed E-state index contributed by atoms with van der Waals surface area (Å²) in [5, 5.41) is 0. The molecule has 1 rings (SSSR count). The van der Waals surface area contributed by atoms with Crippen molar-refractivity contribution in [3.05, 3.63) is 0 Å². The molecule has 1 nitrogen and oxygen atoms in total. The maximum absolute atomic E-state index is 11.9. The lowest BCUT2D eigenvalue weighted by Crippen LogP contribution is -2.47. The van der Waals surface area contributed by atoms with E-state index >= 15 is 0 Å². The molecule has 1 aliphatic carbocycles. The van der Waals surface area contributed by atoms with E-state index in [2.05, 4.69) is 61.6 Å². The summed E-state index contributed by atoms with van der Waals surface area (Å²) in [6.07, 6.45) is 1.67. The Hall–Kier alpha value is 1.11. The summed E-state index contributed by atoms with van der Waals surface area (Å²) >= 11 is 10.7. The van der Waals surface area contributed by atoms with E-state index in [1.54, 1.807) is 0 Å². The lowest BCUT2D eigenvalue weighted by atomic mass is 9.76. The van der Waals surface area contributed by atoms with Crippen molar-refractivity contribution in [2.75, 3.05) is 0 Å². The Labute approximate surface area is 111 Å². The van der Waals surface area contributed by atoms with Gasteiger partial charge in [0.2, 0.25) is 0 Å². The van der Waals surface area contributed by atoms with Crippen LogP contribution in [0, 0.1) is 5.92 Å². The second-order valence-electron chi connectivity index (χ2n) is 4.67. The minimum absolute atomic E-state index is 0.0399. The molecule has 1 aliphatic rings. The van der Waals surface area contributed by atoms with Gasteiger partial charge in [-0.2, -0.15) is 0 Å². The van der Waals surface area contributed by atoms with Gasteiger partial charge in [0, 0.05) is 15.6 Å². The highest BCUT2D eigenvalue weighted by Crippen LogP contribution is 2.45. The van der Waals surface area contributed by atoms with Crippen LogP contribution in [-0.2, 0) is 4.79 Å². The van der Waals surface area contributed by atoms with Gasteiger partial charge in [-0.1, -0.05) is 47.8 Å². The third-order valence-corrected chi connectivity index (χ3v) is 6.57. The first kappa shape index (κ1) is 13.2. The van der Waals surface area contributed by atoms with Crippen LogP contribution in [0.25, 0.3) is 0 Å². The second-order valence-corrected chi connectivity index (χ2v) is 9.46. The fourth-order valence-corrected chi connectivity index (χ4v) is 3.08. The molecule has 0 aromatic heterocycles. The van der Waals surface area contributed by atoms with Gasteiger partial charge >= 0.3 is 0 Å². The smallest absolute Gasteiger partial charge is 0.150 e. The van der Waals surface area contributed by atoms with Crippen LogP contribution >= 0.6 is 47.8 Å². The second kappa shape index (κ2) is 4.17. The van der Waals surface area contributed by atoms with Crippen LogP contribution in [0.1, 0.15) is 33.6 Å². The molecule has 0 saturated heterocycles. The van der Waals surface area contributed by atoms with Gasteiger partial charge in [0.15, 0.2) is 5.78 Å². The molecular weight excluding hydrogens is 376 g/mol. The van der Waals surface area contributed by atoms with Crippen molar-refractivity contribution < 1.29 is 4.79 Å². The molecule has 4 heteroatoms. The van der Waals surface area contributed by atoms with Crippen molar-refractivity contribution >= 4 is 53.6 Å². The van der Waals surface area contributed by atoms with Gasteiger partial charge in [-0.25, -0.2) is 0 Å². The average molecular weight is 391 g/mol. The predicted molar refractivity (Wildman–Crippen MR) is 70.8 cm³/mol. The molecule has 0 amide bonds. The largest absolute Gasteiger partial charge is 0.298 e. The maximum atomic E-state index is 11.9. The summed E-state index contributed by atoms with van der Waals surface area (Å²) in [6.45, 7) is 6.20. The lowest BCUT2D eigenvalue weighted by molar-refractivity contribution is -0.123. The molecule has 0 bridgehead atoms. The van der Waals surface area contributed by atoms with Crippen molar-refractivity contribution in [2.45, 2.75) is 47.1 Å². The lowest BCUT2D eigenvalue weighted by Gasteiger charge is -2.40. The fraction of sp³-hybridized carbons (Fsp3) is 0.900. The third kappa shape index (κ3) is 2.62. The molecule has 1 fully saturated rings. The Morgan fingerprint density at radius 3 is 2.36 bits per heavy atom. The SMILES string of the molecule is CC(C)(Br)C1CC(=O)C(C)(Br)C(Br)C1. The monoisotopic (exact) mass is 388 g/mol. The van der Waals surface area contributed by atoms with Gasteiger partial charge < -0.3 is 0 Å². The predicted octanol–water partition coefficient (Wildman–Crippen LogP) is 4.06. The van der Waals surface area contributed by atoms with E-state index in [0.717, 1.165) is 6.42 Å². The van der Waals surface area contributed by atoms with Gasteiger partial charge in [0.25, 0.3) is 0 Å². The number of halogens is 3. The van der Waals surface area contributed by atoms with Crippen LogP contribution in [0.3, 0.4) is 0 Å². The normalized spacial score (nSPS) is 40.0. The number of Topliss-reactive ketones (excluding diaryl/α,β-unsaturated/α-hetero) is 1. The summed E-state index contributed by atoms with van der Waals surface area (Å²) in [6, 6.07) is 0. The molecule has 1 saturated carbocycles. The minimum atomic E-state index is -0.387.